The molecule has 18 heavy (non-hydrogen) atoms. The van der Waals surface area contributed by atoms with E-state index < -0.39 is 9.84 Å². The van der Waals surface area contributed by atoms with Crippen LogP contribution < -0.4 is 5.73 Å². The maximum absolute atomic E-state index is 12.3. The lowest BCUT2D eigenvalue weighted by Gasteiger charge is -2.06. The Balaban J connectivity index is 2.55. The Kier molecular flexibility index (Phi) is 3.16. The molecular formula is C13H12N2O2S. The van der Waals surface area contributed by atoms with Gasteiger partial charge in [0, 0.05) is 5.56 Å². The molecule has 0 spiro atoms. The van der Waals surface area contributed by atoms with Crippen molar-refractivity contribution in [2.24, 2.45) is 5.73 Å². The van der Waals surface area contributed by atoms with Crippen LogP contribution in [0.5, 0.6) is 0 Å². The van der Waals surface area contributed by atoms with Gasteiger partial charge in [0.2, 0.25) is 9.84 Å². The Morgan fingerprint density at radius 3 is 2.17 bits per heavy atom. The quantitative estimate of drug-likeness (QED) is 0.652. The second-order valence-electron chi connectivity index (χ2n) is 3.76. The molecule has 0 aliphatic heterocycles. The summed E-state index contributed by atoms with van der Waals surface area (Å²) in [5, 5.41) is 7.32. The highest BCUT2D eigenvalue weighted by atomic mass is 32.2. The summed E-state index contributed by atoms with van der Waals surface area (Å²) >= 11 is 0. The number of hydrogen-bond acceptors (Lipinski definition) is 3. The molecule has 0 aliphatic carbocycles. The molecule has 0 amide bonds. The van der Waals surface area contributed by atoms with E-state index in [1.807, 2.05) is 0 Å². The third kappa shape index (κ3) is 2.26. The molecule has 5 heteroatoms. The van der Waals surface area contributed by atoms with Crippen molar-refractivity contribution in [2.45, 2.75) is 9.79 Å². The Hall–Kier alpha value is -2.14. The zero-order valence-electron chi connectivity index (χ0n) is 9.50. The molecule has 2 aromatic rings. The fraction of sp³-hybridized carbons (Fsp3) is 0. The van der Waals surface area contributed by atoms with Gasteiger partial charge < -0.3 is 5.73 Å². The summed E-state index contributed by atoms with van der Waals surface area (Å²) < 4.78 is 24.6. The average molecular weight is 260 g/mol. The van der Waals surface area contributed by atoms with Crippen LogP contribution in [-0.2, 0) is 9.84 Å². The zero-order valence-corrected chi connectivity index (χ0v) is 10.3. The Bertz CT molecular complexity index is 679. The second-order valence-corrected chi connectivity index (χ2v) is 5.71. The fourth-order valence-electron chi connectivity index (χ4n) is 1.57. The number of amidine groups is 1. The van der Waals surface area contributed by atoms with Crippen LogP contribution in [-0.4, -0.2) is 14.3 Å². The van der Waals surface area contributed by atoms with E-state index in [-0.39, 0.29) is 15.6 Å². The van der Waals surface area contributed by atoms with E-state index in [9.17, 15) is 8.42 Å². The van der Waals surface area contributed by atoms with Crippen LogP contribution in [0.25, 0.3) is 0 Å². The van der Waals surface area contributed by atoms with E-state index in [0.717, 1.165) is 0 Å². The van der Waals surface area contributed by atoms with Gasteiger partial charge >= 0.3 is 0 Å². The van der Waals surface area contributed by atoms with Crippen LogP contribution in [0.4, 0.5) is 0 Å². The number of rotatable bonds is 3. The fourth-order valence-corrected chi connectivity index (χ4v) is 2.89. The Labute approximate surface area is 106 Å². The summed E-state index contributed by atoms with van der Waals surface area (Å²) in [7, 11) is -3.55. The summed E-state index contributed by atoms with van der Waals surface area (Å²) in [6.45, 7) is 0. The van der Waals surface area contributed by atoms with Gasteiger partial charge in [-0.05, 0) is 24.3 Å². The van der Waals surface area contributed by atoms with Crippen molar-refractivity contribution in [3.05, 3.63) is 60.2 Å². The first-order chi connectivity index (χ1) is 8.51. The molecule has 0 aliphatic rings. The minimum Gasteiger partial charge on any atom is -0.384 e. The van der Waals surface area contributed by atoms with Crippen LogP contribution in [0.2, 0.25) is 0 Å². The molecule has 4 nitrogen and oxygen atoms in total. The van der Waals surface area contributed by atoms with Gasteiger partial charge in [0.15, 0.2) is 0 Å². The minimum absolute atomic E-state index is 0.140. The zero-order chi connectivity index (χ0) is 13.2. The molecule has 2 aromatic carbocycles. The van der Waals surface area contributed by atoms with Crippen molar-refractivity contribution in [1.82, 2.24) is 0 Å². The average Bonchev–Trinajstić information content (AvgIpc) is 2.40. The molecule has 92 valence electrons. The van der Waals surface area contributed by atoms with Crippen LogP contribution in [0.15, 0.2) is 64.4 Å². The Morgan fingerprint density at radius 2 is 1.56 bits per heavy atom. The van der Waals surface area contributed by atoms with E-state index in [0.29, 0.717) is 5.56 Å². The van der Waals surface area contributed by atoms with Crippen LogP contribution >= 0.6 is 0 Å². The lowest BCUT2D eigenvalue weighted by atomic mass is 10.2. The molecule has 0 bridgehead atoms. The van der Waals surface area contributed by atoms with E-state index in [2.05, 4.69) is 0 Å². The van der Waals surface area contributed by atoms with Gasteiger partial charge in [0.1, 0.15) is 5.84 Å². The van der Waals surface area contributed by atoms with Gasteiger partial charge in [0.05, 0.1) is 9.79 Å². The van der Waals surface area contributed by atoms with Crippen LogP contribution in [0.1, 0.15) is 5.56 Å². The number of nitrogen functional groups attached to an aromatic ring is 1. The highest BCUT2D eigenvalue weighted by Crippen LogP contribution is 2.21. The predicted octanol–water partition coefficient (Wildman–Crippen LogP) is 1.80. The molecule has 0 radical (unpaired) electrons. The van der Waals surface area contributed by atoms with Gasteiger partial charge in [0.25, 0.3) is 0 Å². The van der Waals surface area contributed by atoms with E-state index in [1.165, 1.54) is 24.3 Å². The lowest BCUT2D eigenvalue weighted by Crippen LogP contribution is -2.12. The molecule has 2 rings (SSSR count). The number of sulfone groups is 1. The Morgan fingerprint density at radius 1 is 0.944 bits per heavy atom. The van der Waals surface area contributed by atoms with Gasteiger partial charge in [-0.2, -0.15) is 0 Å². The second kappa shape index (κ2) is 4.62. The highest BCUT2D eigenvalue weighted by Gasteiger charge is 2.17. The third-order valence-electron chi connectivity index (χ3n) is 2.51. The number of nitrogens with one attached hydrogen (secondary N) is 1. The highest BCUT2D eigenvalue weighted by molar-refractivity contribution is 7.91. The first kappa shape index (κ1) is 12.3. The topological polar surface area (TPSA) is 84.0 Å². The lowest BCUT2D eigenvalue weighted by molar-refractivity contribution is 0.596. The maximum Gasteiger partial charge on any atom is 0.206 e. The molecule has 3 N–H and O–H groups in total. The smallest absolute Gasteiger partial charge is 0.206 e. The summed E-state index contributed by atoms with van der Waals surface area (Å²) in [6, 6.07) is 14.2. The molecular weight excluding hydrogens is 248 g/mol. The van der Waals surface area contributed by atoms with Crippen LogP contribution in [0, 0.1) is 5.41 Å². The number of nitrogens with two attached hydrogens (primary N) is 1. The van der Waals surface area contributed by atoms with Crippen molar-refractivity contribution in [3.63, 3.8) is 0 Å². The normalized spacial score (nSPS) is 11.1. The maximum atomic E-state index is 12.3. The monoisotopic (exact) mass is 260 g/mol. The SMILES string of the molecule is N=C(N)c1cccc(S(=O)(=O)c2ccccc2)c1. The molecule has 0 fully saturated rings. The van der Waals surface area contributed by atoms with E-state index >= 15 is 0 Å². The minimum atomic E-state index is -3.55. The first-order valence-electron chi connectivity index (χ1n) is 5.26. The largest absolute Gasteiger partial charge is 0.384 e. The van der Waals surface area contributed by atoms with Crippen molar-refractivity contribution < 1.29 is 8.42 Å². The van der Waals surface area contributed by atoms with E-state index in [1.54, 1.807) is 30.3 Å². The summed E-state index contributed by atoms with van der Waals surface area (Å²) in [5.41, 5.74) is 5.75. The predicted molar refractivity (Wildman–Crippen MR) is 69.4 cm³/mol. The molecule has 0 saturated carbocycles. The molecule has 0 heterocycles. The molecule has 0 saturated heterocycles. The number of hydrogen-bond donors (Lipinski definition) is 2. The van der Waals surface area contributed by atoms with E-state index in [4.69, 9.17) is 11.1 Å². The van der Waals surface area contributed by atoms with Crippen molar-refractivity contribution in [2.75, 3.05) is 0 Å². The third-order valence-corrected chi connectivity index (χ3v) is 4.28. The van der Waals surface area contributed by atoms with Crippen LogP contribution in [0.3, 0.4) is 0 Å². The summed E-state index contributed by atoms with van der Waals surface area (Å²) in [5.74, 6) is -0.153. The molecule has 0 aromatic heterocycles. The van der Waals surface area contributed by atoms with Gasteiger partial charge in [-0.3, -0.25) is 5.41 Å². The summed E-state index contributed by atoms with van der Waals surface area (Å²) in [4.78, 5) is 0.368. The van der Waals surface area contributed by atoms with Gasteiger partial charge in [-0.25, -0.2) is 8.42 Å². The van der Waals surface area contributed by atoms with Gasteiger partial charge in [-0.1, -0.05) is 30.3 Å². The summed E-state index contributed by atoms with van der Waals surface area (Å²) in [6.07, 6.45) is 0. The molecule has 0 atom stereocenters. The van der Waals surface area contributed by atoms with Gasteiger partial charge in [-0.15, -0.1) is 0 Å². The van der Waals surface area contributed by atoms with Crippen molar-refractivity contribution >= 4 is 15.7 Å². The standard InChI is InChI=1S/C13H12N2O2S/c14-13(15)10-5-4-8-12(9-10)18(16,17)11-6-2-1-3-7-11/h1-9H,(H3,14,15). The number of benzene rings is 2. The van der Waals surface area contributed by atoms with Crippen molar-refractivity contribution in [3.8, 4) is 0 Å². The molecule has 0 unspecified atom stereocenters. The first-order valence-corrected chi connectivity index (χ1v) is 6.75. The van der Waals surface area contributed by atoms with Crippen molar-refractivity contribution in [1.29, 1.82) is 5.41 Å².